The molecule has 2 rings (SSSR count). The van der Waals surface area contributed by atoms with Crippen LogP contribution in [0.3, 0.4) is 0 Å². The highest BCUT2D eigenvalue weighted by Gasteiger charge is 2.45. The fourth-order valence-electron chi connectivity index (χ4n) is 3.21. The van der Waals surface area contributed by atoms with Crippen LogP contribution in [-0.2, 0) is 19.1 Å². The van der Waals surface area contributed by atoms with Crippen molar-refractivity contribution in [1.29, 1.82) is 0 Å². The molecule has 0 bridgehead atoms. The Morgan fingerprint density at radius 1 is 0.923 bits per heavy atom. The molecule has 2 aliphatic rings. The molecule has 2 saturated heterocycles. The Bertz CT molecular complexity index is 631. The van der Waals surface area contributed by atoms with E-state index in [4.69, 9.17) is 4.74 Å². The molecule has 0 aromatic carbocycles. The van der Waals surface area contributed by atoms with E-state index in [1.165, 1.54) is 6.92 Å². The lowest BCUT2D eigenvalue weighted by Gasteiger charge is -2.35. The predicted molar refractivity (Wildman–Crippen MR) is 92.6 cm³/mol. The van der Waals surface area contributed by atoms with Gasteiger partial charge in [0, 0.05) is 39.6 Å². The molecule has 2 aliphatic heterocycles. The quantitative estimate of drug-likeness (QED) is 0.377. The molecule has 2 fully saturated rings. The van der Waals surface area contributed by atoms with Gasteiger partial charge in [0.25, 0.3) is 11.8 Å². The lowest BCUT2D eigenvalue weighted by molar-refractivity contribution is -0.144. The molecule has 144 valence electrons. The molecule has 2 heterocycles. The number of urea groups is 1. The first-order valence-electron chi connectivity index (χ1n) is 8.92. The lowest BCUT2D eigenvalue weighted by Crippen LogP contribution is -2.58. The van der Waals surface area contributed by atoms with Crippen molar-refractivity contribution in [3.05, 3.63) is 11.4 Å². The number of hydrogen-bond acceptors (Lipinski definition) is 7. The molecular weight excluding hydrogens is 340 g/mol. The highest BCUT2D eigenvalue weighted by Crippen LogP contribution is 2.27. The first kappa shape index (κ1) is 19.7. The van der Waals surface area contributed by atoms with Crippen molar-refractivity contribution in [2.75, 3.05) is 45.9 Å². The second-order valence-corrected chi connectivity index (χ2v) is 5.99. The molecule has 0 atom stereocenters. The van der Waals surface area contributed by atoms with Gasteiger partial charge in [-0.15, -0.1) is 0 Å². The largest absolute Gasteiger partial charge is 0.464 e. The number of carbonyl (C=O) groups excluding carboxylic acids is 4. The first-order valence-corrected chi connectivity index (χ1v) is 8.92. The lowest BCUT2D eigenvalue weighted by atomic mass is 10.1. The fourth-order valence-corrected chi connectivity index (χ4v) is 3.21. The molecule has 0 spiro atoms. The molecule has 0 N–H and O–H groups in total. The average molecular weight is 366 g/mol. The number of nitrogens with zero attached hydrogens (tertiary/aromatic N) is 4. The Morgan fingerprint density at radius 3 is 1.92 bits per heavy atom. The van der Waals surface area contributed by atoms with E-state index in [2.05, 4.69) is 0 Å². The number of esters is 1. The molecule has 0 aliphatic carbocycles. The van der Waals surface area contributed by atoms with Crippen LogP contribution in [0.2, 0.25) is 0 Å². The van der Waals surface area contributed by atoms with Crippen molar-refractivity contribution >= 4 is 23.8 Å². The van der Waals surface area contributed by atoms with Crippen molar-refractivity contribution in [3.8, 4) is 0 Å². The Labute approximate surface area is 153 Å². The summed E-state index contributed by atoms with van der Waals surface area (Å²) in [4.78, 5) is 55.4. The van der Waals surface area contributed by atoms with Gasteiger partial charge in [0.05, 0.1) is 6.54 Å². The van der Waals surface area contributed by atoms with Gasteiger partial charge in [-0.1, -0.05) is 0 Å². The van der Waals surface area contributed by atoms with Crippen molar-refractivity contribution < 1.29 is 23.9 Å². The van der Waals surface area contributed by atoms with Gasteiger partial charge < -0.3 is 14.5 Å². The van der Waals surface area contributed by atoms with Gasteiger partial charge in [-0.25, -0.2) is 4.79 Å². The van der Waals surface area contributed by atoms with E-state index in [1.807, 2.05) is 23.6 Å². The van der Waals surface area contributed by atoms with Crippen LogP contribution in [0, 0.1) is 0 Å². The van der Waals surface area contributed by atoms with Gasteiger partial charge in [-0.2, -0.15) is 0 Å². The zero-order valence-electron chi connectivity index (χ0n) is 15.8. The second kappa shape index (κ2) is 8.20. The third kappa shape index (κ3) is 3.51. The van der Waals surface area contributed by atoms with Crippen LogP contribution in [0.15, 0.2) is 11.4 Å². The number of barbiturate groups is 1. The number of hydrogen-bond donors (Lipinski definition) is 0. The molecular formula is C17H26N4O5. The van der Waals surface area contributed by atoms with E-state index in [-0.39, 0.29) is 25.3 Å². The fraction of sp³-hybridized carbons (Fsp3) is 0.647. The molecule has 0 aromatic heterocycles. The van der Waals surface area contributed by atoms with Crippen molar-refractivity contribution in [2.45, 2.75) is 27.7 Å². The number of amides is 4. The molecule has 4 amide bonds. The predicted octanol–water partition coefficient (Wildman–Crippen LogP) is 0.229. The normalized spacial score (nSPS) is 18.4. The minimum atomic E-state index is -0.678. The zero-order chi connectivity index (χ0) is 19.4. The van der Waals surface area contributed by atoms with Gasteiger partial charge in [0.2, 0.25) is 0 Å². The summed E-state index contributed by atoms with van der Waals surface area (Å²) in [5.74, 6) is -1.12. The van der Waals surface area contributed by atoms with Crippen LogP contribution < -0.4 is 0 Å². The van der Waals surface area contributed by atoms with Crippen LogP contribution in [0.25, 0.3) is 0 Å². The third-order valence-corrected chi connectivity index (χ3v) is 4.54. The van der Waals surface area contributed by atoms with Gasteiger partial charge in [-0.05, 0) is 20.8 Å². The van der Waals surface area contributed by atoms with Gasteiger partial charge in [0.1, 0.15) is 18.0 Å². The molecule has 0 saturated carbocycles. The summed E-state index contributed by atoms with van der Waals surface area (Å²) in [6, 6.07) is -0.678. The van der Waals surface area contributed by atoms with Crippen LogP contribution >= 0.6 is 0 Å². The van der Waals surface area contributed by atoms with E-state index in [0.29, 0.717) is 18.9 Å². The molecule has 9 heteroatoms. The highest BCUT2D eigenvalue weighted by molar-refractivity contribution is 6.29. The molecule has 0 aromatic rings. The van der Waals surface area contributed by atoms with E-state index < -0.39 is 23.8 Å². The Morgan fingerprint density at radius 2 is 1.46 bits per heavy atom. The van der Waals surface area contributed by atoms with Crippen LogP contribution in [0.1, 0.15) is 27.7 Å². The highest BCUT2D eigenvalue weighted by atomic mass is 16.5. The Balaban J connectivity index is 2.44. The zero-order valence-corrected chi connectivity index (χ0v) is 15.8. The van der Waals surface area contributed by atoms with Crippen LogP contribution in [-0.4, -0.2) is 89.3 Å². The first-order chi connectivity index (χ1) is 12.4. The monoisotopic (exact) mass is 366 g/mol. The summed E-state index contributed by atoms with van der Waals surface area (Å²) in [6.07, 6.45) is 0. The van der Waals surface area contributed by atoms with Gasteiger partial charge in [0.15, 0.2) is 0 Å². The SMILES string of the molecule is CCN1CCN(CC)C1=C1C(=O)N(CC)C(=O)N(CCOC(C)=O)C1=O. The van der Waals surface area contributed by atoms with Crippen molar-refractivity contribution in [2.24, 2.45) is 0 Å². The van der Waals surface area contributed by atoms with Crippen LogP contribution in [0.5, 0.6) is 0 Å². The number of rotatable bonds is 6. The smallest absolute Gasteiger partial charge is 0.334 e. The topological polar surface area (TPSA) is 90.5 Å². The average Bonchev–Trinajstić information content (AvgIpc) is 3.01. The summed E-state index contributed by atoms with van der Waals surface area (Å²) >= 11 is 0. The maximum Gasteiger partial charge on any atom is 0.334 e. The van der Waals surface area contributed by atoms with E-state index in [0.717, 1.165) is 22.9 Å². The maximum atomic E-state index is 13.0. The molecule has 0 unspecified atom stereocenters. The van der Waals surface area contributed by atoms with E-state index in [9.17, 15) is 19.2 Å². The van der Waals surface area contributed by atoms with Crippen molar-refractivity contribution in [1.82, 2.24) is 19.6 Å². The van der Waals surface area contributed by atoms with Gasteiger partial charge >= 0.3 is 12.0 Å². The van der Waals surface area contributed by atoms with Crippen molar-refractivity contribution in [3.63, 3.8) is 0 Å². The molecule has 9 nitrogen and oxygen atoms in total. The summed E-state index contributed by atoms with van der Waals surface area (Å²) < 4.78 is 4.86. The summed E-state index contributed by atoms with van der Waals surface area (Å²) in [7, 11) is 0. The number of ether oxygens (including phenoxy) is 1. The minimum Gasteiger partial charge on any atom is -0.464 e. The second-order valence-electron chi connectivity index (χ2n) is 5.99. The number of likely N-dealkylation sites (N-methyl/N-ethyl adjacent to an activating group) is 3. The molecule has 26 heavy (non-hydrogen) atoms. The van der Waals surface area contributed by atoms with Crippen LogP contribution in [0.4, 0.5) is 4.79 Å². The minimum absolute atomic E-state index is 0.00970. The van der Waals surface area contributed by atoms with Gasteiger partial charge in [-0.3, -0.25) is 24.2 Å². The number of imide groups is 2. The third-order valence-electron chi connectivity index (χ3n) is 4.54. The molecule has 0 radical (unpaired) electrons. The standard InChI is InChI=1S/C17H26N4O5/c1-5-18-8-9-19(6-2)14(18)13-15(23)20(7-3)17(25)21(16(13)24)10-11-26-12(4)22/h5-11H2,1-4H3. The van der Waals surface area contributed by atoms with E-state index in [1.54, 1.807) is 6.92 Å². The van der Waals surface area contributed by atoms with E-state index >= 15 is 0 Å². The maximum absolute atomic E-state index is 13.0. The summed E-state index contributed by atoms with van der Waals surface area (Å²) in [5, 5.41) is 0. The summed E-state index contributed by atoms with van der Waals surface area (Å²) in [6.45, 7) is 9.57. The Kier molecular flexibility index (Phi) is 6.23. The Hall–Kier alpha value is -2.58. The summed E-state index contributed by atoms with van der Waals surface area (Å²) in [5.41, 5.74) is 0.00970. The number of carbonyl (C=O) groups is 4.